The number of hydrogen-bond donors (Lipinski definition) is 1. The predicted molar refractivity (Wildman–Crippen MR) is 32.8 cm³/mol. The first kappa shape index (κ1) is 5.51. The maximum Gasteiger partial charge on any atom is 0.0569 e. The Bertz CT molecular complexity index is 125. The minimum atomic E-state index is -0.181. The summed E-state index contributed by atoms with van der Waals surface area (Å²) in [5.74, 6) is 0. The molecule has 0 bridgehead atoms. The van der Waals surface area contributed by atoms with Gasteiger partial charge in [-0.3, -0.25) is 4.99 Å². The maximum atomic E-state index is 8.68. The van der Waals surface area contributed by atoms with Gasteiger partial charge in [0, 0.05) is 17.8 Å². The molecule has 0 aromatic rings. The van der Waals surface area contributed by atoms with Crippen LogP contribution in [-0.4, -0.2) is 17.9 Å². The summed E-state index contributed by atoms with van der Waals surface area (Å²) in [6.45, 7) is 2.08. The van der Waals surface area contributed by atoms with Gasteiger partial charge in [0.05, 0.1) is 6.61 Å². The highest BCUT2D eigenvalue weighted by Crippen LogP contribution is 2.17. The van der Waals surface area contributed by atoms with Crippen LogP contribution in [-0.2, 0) is 0 Å². The Kier molecular flexibility index (Phi) is 1.18. The summed E-state index contributed by atoms with van der Waals surface area (Å²) in [6, 6.07) is 0. The van der Waals surface area contributed by atoms with Crippen molar-refractivity contribution in [2.24, 2.45) is 10.4 Å². The summed E-state index contributed by atoms with van der Waals surface area (Å²) < 4.78 is 0. The number of nitrogens with zero attached hydrogens (tertiary/aromatic N) is 1. The summed E-state index contributed by atoms with van der Waals surface area (Å²) in [7, 11) is 0. The summed E-state index contributed by atoms with van der Waals surface area (Å²) in [6.07, 6.45) is 5.33. The molecule has 0 amide bonds. The van der Waals surface area contributed by atoms with Gasteiger partial charge in [-0.15, -0.1) is 0 Å². The highest BCUT2D eigenvalue weighted by molar-refractivity contribution is 5.71. The average molecular weight is 111 g/mol. The van der Waals surface area contributed by atoms with E-state index in [1.165, 1.54) is 0 Å². The molecule has 1 N–H and O–H groups in total. The van der Waals surface area contributed by atoms with Crippen molar-refractivity contribution < 1.29 is 5.11 Å². The second-order valence-electron chi connectivity index (χ2n) is 2.26. The van der Waals surface area contributed by atoms with Gasteiger partial charge in [0.15, 0.2) is 0 Å². The third-order valence-corrected chi connectivity index (χ3v) is 1.25. The average Bonchev–Trinajstić information content (AvgIpc) is 2.17. The normalized spacial score (nSPS) is 34.2. The molecule has 0 aromatic carbocycles. The fourth-order valence-corrected chi connectivity index (χ4v) is 0.563. The zero-order valence-corrected chi connectivity index (χ0v) is 4.83. The quantitative estimate of drug-likeness (QED) is 0.527. The standard InChI is InChI=1S/C6H9NO/c1-6(5-8)2-3-7-4-6/h2-4,8H,5H2,1H3/t6-/m1/s1. The lowest BCUT2D eigenvalue weighted by atomic mass is 9.95. The van der Waals surface area contributed by atoms with E-state index in [0.717, 1.165) is 0 Å². The van der Waals surface area contributed by atoms with E-state index in [1.54, 1.807) is 12.4 Å². The molecule has 0 saturated carbocycles. The second-order valence-corrected chi connectivity index (χ2v) is 2.26. The van der Waals surface area contributed by atoms with E-state index in [1.807, 2.05) is 13.0 Å². The molecule has 0 unspecified atom stereocenters. The molecule has 0 radical (unpaired) electrons. The van der Waals surface area contributed by atoms with Crippen LogP contribution < -0.4 is 0 Å². The van der Waals surface area contributed by atoms with Crippen LogP contribution in [0.5, 0.6) is 0 Å². The van der Waals surface area contributed by atoms with Crippen LogP contribution in [0.3, 0.4) is 0 Å². The summed E-state index contributed by atoms with van der Waals surface area (Å²) in [5, 5.41) is 8.68. The monoisotopic (exact) mass is 111 g/mol. The largest absolute Gasteiger partial charge is 0.395 e. The Morgan fingerprint density at radius 2 is 2.50 bits per heavy atom. The van der Waals surface area contributed by atoms with Crippen molar-refractivity contribution in [2.45, 2.75) is 6.92 Å². The molecule has 1 aliphatic rings. The summed E-state index contributed by atoms with van der Waals surface area (Å²) in [4.78, 5) is 3.84. The van der Waals surface area contributed by atoms with Gasteiger partial charge in [0.25, 0.3) is 0 Å². The molecule has 1 atom stereocenters. The molecule has 0 spiro atoms. The molecule has 1 heterocycles. The molecular formula is C6H9NO. The van der Waals surface area contributed by atoms with E-state index in [9.17, 15) is 0 Å². The lowest BCUT2D eigenvalue weighted by molar-refractivity contribution is 0.236. The van der Waals surface area contributed by atoms with Crippen LogP contribution in [0.25, 0.3) is 0 Å². The molecular weight excluding hydrogens is 102 g/mol. The van der Waals surface area contributed by atoms with Crippen LogP contribution in [0.4, 0.5) is 0 Å². The molecule has 2 heteroatoms. The number of aliphatic imine (C=N–C) groups is 1. The lowest BCUT2D eigenvalue weighted by Crippen LogP contribution is -2.17. The highest BCUT2D eigenvalue weighted by atomic mass is 16.3. The van der Waals surface area contributed by atoms with Gasteiger partial charge in [-0.1, -0.05) is 6.08 Å². The molecule has 2 nitrogen and oxygen atoms in total. The SMILES string of the molecule is C[C@@]1(CO)C=CN=C1. The van der Waals surface area contributed by atoms with E-state index in [4.69, 9.17) is 5.11 Å². The molecule has 8 heavy (non-hydrogen) atoms. The highest BCUT2D eigenvalue weighted by Gasteiger charge is 2.18. The molecule has 0 aliphatic carbocycles. The van der Waals surface area contributed by atoms with Crippen molar-refractivity contribution in [1.29, 1.82) is 0 Å². The third kappa shape index (κ3) is 0.793. The van der Waals surface area contributed by atoms with Gasteiger partial charge >= 0.3 is 0 Å². The minimum Gasteiger partial charge on any atom is -0.395 e. The van der Waals surface area contributed by atoms with Crippen LogP contribution in [0, 0.1) is 5.41 Å². The Morgan fingerprint density at radius 3 is 2.75 bits per heavy atom. The van der Waals surface area contributed by atoms with E-state index < -0.39 is 0 Å². The van der Waals surface area contributed by atoms with E-state index >= 15 is 0 Å². The number of aliphatic hydroxyl groups excluding tert-OH is 1. The molecule has 0 saturated heterocycles. The van der Waals surface area contributed by atoms with Crippen LogP contribution >= 0.6 is 0 Å². The van der Waals surface area contributed by atoms with Crippen LogP contribution in [0.15, 0.2) is 17.3 Å². The van der Waals surface area contributed by atoms with E-state index in [2.05, 4.69) is 4.99 Å². The molecule has 0 fully saturated rings. The Morgan fingerprint density at radius 1 is 1.75 bits per heavy atom. The van der Waals surface area contributed by atoms with Crippen LogP contribution in [0.2, 0.25) is 0 Å². The first-order valence-electron chi connectivity index (χ1n) is 2.60. The smallest absolute Gasteiger partial charge is 0.0569 e. The van der Waals surface area contributed by atoms with Crippen molar-refractivity contribution in [3.05, 3.63) is 12.3 Å². The maximum absolute atomic E-state index is 8.68. The molecule has 1 rings (SSSR count). The van der Waals surface area contributed by atoms with Gasteiger partial charge in [0.2, 0.25) is 0 Å². The van der Waals surface area contributed by atoms with Crippen molar-refractivity contribution >= 4 is 6.21 Å². The first-order chi connectivity index (χ1) is 3.77. The molecule has 1 aliphatic heterocycles. The summed E-state index contributed by atoms with van der Waals surface area (Å²) in [5.41, 5.74) is -0.181. The van der Waals surface area contributed by atoms with E-state index in [-0.39, 0.29) is 12.0 Å². The summed E-state index contributed by atoms with van der Waals surface area (Å²) >= 11 is 0. The van der Waals surface area contributed by atoms with Gasteiger partial charge in [-0.05, 0) is 6.92 Å². The van der Waals surface area contributed by atoms with Crippen molar-refractivity contribution in [3.63, 3.8) is 0 Å². The predicted octanol–water partition coefficient (Wildman–Crippen LogP) is 0.583. The lowest BCUT2D eigenvalue weighted by Gasteiger charge is -2.11. The fraction of sp³-hybridized carbons (Fsp3) is 0.500. The number of rotatable bonds is 1. The Balaban J connectivity index is 2.69. The van der Waals surface area contributed by atoms with Crippen molar-refractivity contribution in [3.8, 4) is 0 Å². The fourth-order valence-electron chi connectivity index (χ4n) is 0.563. The van der Waals surface area contributed by atoms with Crippen molar-refractivity contribution in [1.82, 2.24) is 0 Å². The minimum absolute atomic E-state index is 0.146. The molecule has 44 valence electrons. The van der Waals surface area contributed by atoms with Gasteiger partial charge in [-0.2, -0.15) is 0 Å². The van der Waals surface area contributed by atoms with Gasteiger partial charge < -0.3 is 5.11 Å². The Hall–Kier alpha value is -0.630. The van der Waals surface area contributed by atoms with Crippen molar-refractivity contribution in [2.75, 3.05) is 6.61 Å². The van der Waals surface area contributed by atoms with Crippen LogP contribution in [0.1, 0.15) is 6.92 Å². The second kappa shape index (κ2) is 1.71. The topological polar surface area (TPSA) is 32.6 Å². The first-order valence-corrected chi connectivity index (χ1v) is 2.60. The zero-order valence-electron chi connectivity index (χ0n) is 4.83. The molecule has 0 aromatic heterocycles. The Labute approximate surface area is 48.6 Å². The van der Waals surface area contributed by atoms with E-state index in [0.29, 0.717) is 0 Å². The van der Waals surface area contributed by atoms with Gasteiger partial charge in [-0.25, -0.2) is 0 Å². The van der Waals surface area contributed by atoms with Gasteiger partial charge in [0.1, 0.15) is 0 Å². The number of hydrogen-bond acceptors (Lipinski definition) is 2. The number of aliphatic hydroxyl groups is 1. The third-order valence-electron chi connectivity index (χ3n) is 1.25. The zero-order chi connectivity index (χ0) is 6.04.